The molecule has 10 nitrogen and oxygen atoms in total. The number of carbonyl (C=O) groups is 1. The van der Waals surface area contributed by atoms with Crippen LogP contribution in [-0.4, -0.2) is 41.5 Å². The number of piperidine rings is 1. The Morgan fingerprint density at radius 3 is 1.90 bits per heavy atom. The van der Waals surface area contributed by atoms with Crippen molar-refractivity contribution < 1.29 is 9.18 Å². The van der Waals surface area contributed by atoms with Crippen molar-refractivity contribution in [3.8, 4) is 11.4 Å². The fourth-order valence-corrected chi connectivity index (χ4v) is 4.59. The molecule has 3 aromatic heterocycles. The molecule has 0 spiro atoms. The molecule has 1 saturated heterocycles. The summed E-state index contributed by atoms with van der Waals surface area (Å²) in [5.41, 5.74) is 3.20. The Labute approximate surface area is 285 Å². The number of halogens is 2. The van der Waals surface area contributed by atoms with E-state index in [-0.39, 0.29) is 22.8 Å². The van der Waals surface area contributed by atoms with Gasteiger partial charge in [-0.25, -0.2) is 14.4 Å². The zero-order valence-corrected chi connectivity index (χ0v) is 28.7. The molecule has 6 rings (SSSR count). The molecule has 48 heavy (non-hydrogen) atoms. The smallest absolute Gasteiger partial charge is 0.273 e. The van der Waals surface area contributed by atoms with Crippen LogP contribution >= 0.6 is 11.6 Å². The molecule has 0 aliphatic carbocycles. The predicted molar refractivity (Wildman–Crippen MR) is 188 cm³/mol. The molecule has 0 N–H and O–H groups in total. The van der Waals surface area contributed by atoms with E-state index in [0.717, 1.165) is 30.6 Å². The van der Waals surface area contributed by atoms with Gasteiger partial charge in [0.15, 0.2) is 0 Å². The zero-order valence-electron chi connectivity index (χ0n) is 27.9. The van der Waals surface area contributed by atoms with Gasteiger partial charge in [0.2, 0.25) is 5.91 Å². The van der Waals surface area contributed by atoms with Gasteiger partial charge in [0, 0.05) is 37.8 Å². The summed E-state index contributed by atoms with van der Waals surface area (Å²) >= 11 is 6.13. The molecule has 0 bridgehead atoms. The molecule has 1 amide bonds. The van der Waals surface area contributed by atoms with Crippen LogP contribution in [0.5, 0.6) is 0 Å². The third-order valence-corrected chi connectivity index (χ3v) is 7.45. The van der Waals surface area contributed by atoms with Crippen LogP contribution in [0.15, 0.2) is 95.6 Å². The molecule has 0 atom stereocenters. The maximum absolute atomic E-state index is 13.3. The van der Waals surface area contributed by atoms with Crippen LogP contribution in [0.1, 0.15) is 62.9 Å². The van der Waals surface area contributed by atoms with Crippen LogP contribution in [0.3, 0.4) is 0 Å². The lowest BCUT2D eigenvalue weighted by Crippen LogP contribution is -2.35. The van der Waals surface area contributed by atoms with Gasteiger partial charge in [-0.1, -0.05) is 50.4 Å². The van der Waals surface area contributed by atoms with Crippen molar-refractivity contribution in [1.82, 2.24) is 29.1 Å². The molecule has 2 aromatic carbocycles. The van der Waals surface area contributed by atoms with Crippen LogP contribution < -0.4 is 16.0 Å². The average molecular weight is 674 g/mol. The van der Waals surface area contributed by atoms with Crippen LogP contribution in [0.2, 0.25) is 5.02 Å². The number of carbonyl (C=O) groups excluding carboxylic acids is 1. The van der Waals surface area contributed by atoms with Gasteiger partial charge < -0.3 is 4.90 Å². The van der Waals surface area contributed by atoms with E-state index in [4.69, 9.17) is 11.6 Å². The van der Waals surface area contributed by atoms with Crippen molar-refractivity contribution in [2.24, 2.45) is 0 Å². The van der Waals surface area contributed by atoms with Gasteiger partial charge in [0.05, 0.1) is 46.9 Å². The summed E-state index contributed by atoms with van der Waals surface area (Å²) in [6.45, 7) is 10.6. The van der Waals surface area contributed by atoms with E-state index in [2.05, 4.69) is 33.8 Å². The minimum Gasteiger partial charge on any atom is -0.311 e. The van der Waals surface area contributed by atoms with Crippen LogP contribution in [0.4, 0.5) is 10.1 Å². The molecule has 0 saturated carbocycles. The summed E-state index contributed by atoms with van der Waals surface area (Å²) in [6.07, 6.45) is 17.1. The summed E-state index contributed by atoms with van der Waals surface area (Å²) in [5, 5.41) is 0.672. The second-order valence-corrected chi connectivity index (χ2v) is 11.4. The normalized spacial score (nSPS) is 12.1. The first-order chi connectivity index (χ1) is 23.0. The van der Waals surface area contributed by atoms with E-state index in [1.54, 1.807) is 55.7 Å². The molecule has 12 heteroatoms. The summed E-state index contributed by atoms with van der Waals surface area (Å²) in [7, 11) is 0. The van der Waals surface area contributed by atoms with E-state index in [0.29, 0.717) is 34.2 Å². The van der Waals surface area contributed by atoms with Crippen molar-refractivity contribution >= 4 is 23.2 Å². The molecule has 4 heterocycles. The molecule has 252 valence electrons. The van der Waals surface area contributed by atoms with Gasteiger partial charge in [0.1, 0.15) is 11.6 Å². The fraction of sp³-hybridized carbons (Fsp3) is 0.306. The van der Waals surface area contributed by atoms with Gasteiger partial charge in [-0.05, 0) is 69.0 Å². The van der Waals surface area contributed by atoms with Crippen LogP contribution in [0, 0.1) is 26.6 Å². The van der Waals surface area contributed by atoms with Crippen molar-refractivity contribution in [2.45, 2.75) is 66.7 Å². The lowest BCUT2D eigenvalue weighted by molar-refractivity contribution is -0.119. The number of benzene rings is 2. The van der Waals surface area contributed by atoms with Gasteiger partial charge in [-0.3, -0.25) is 33.5 Å². The number of nitrogens with zero attached hydrogens (tertiary/aromatic N) is 7. The highest BCUT2D eigenvalue weighted by Crippen LogP contribution is 2.29. The molecule has 0 radical (unpaired) electrons. The van der Waals surface area contributed by atoms with E-state index < -0.39 is 0 Å². The number of anilines is 1. The Hall–Kier alpha value is -5.03. The van der Waals surface area contributed by atoms with Crippen molar-refractivity contribution in [3.63, 3.8) is 0 Å². The standard InChI is InChI=1S/C12H14ClNO.C11H9FN2O.C9H8N4O.C4H10/c1-9-5-6-11(10(13)8-9)14-7-3-2-4-12(14)15;1-8-2-3-9(6-10(8)12)14-5-4-13-7-11(14)15;1-7-11-4-8(5-12-7)13-3-2-10-6-9(13)14;1-3-4-2/h5-6,8H,2-4,7H2,1H3;2-7H,1H3;2-6H,1H3;3-4H2,1-2H3. The number of rotatable bonds is 4. The van der Waals surface area contributed by atoms with E-state index in [9.17, 15) is 18.8 Å². The van der Waals surface area contributed by atoms with Crippen LogP contribution in [-0.2, 0) is 4.79 Å². The first-order valence-corrected chi connectivity index (χ1v) is 16.1. The zero-order chi connectivity index (χ0) is 35.1. The molecule has 1 aliphatic rings. The highest BCUT2D eigenvalue weighted by Gasteiger charge is 2.21. The number of hydrogen-bond acceptors (Lipinski definition) is 7. The lowest BCUT2D eigenvalue weighted by atomic mass is 10.1. The van der Waals surface area contributed by atoms with Gasteiger partial charge in [-0.15, -0.1) is 0 Å². The maximum Gasteiger partial charge on any atom is 0.273 e. The SMILES string of the molecule is CCCC.Cc1ccc(-n2ccncc2=O)cc1F.Cc1ccc(N2CCCCC2=O)c(Cl)c1.Cc1ncc(-n2ccncc2=O)cn1. The van der Waals surface area contributed by atoms with Crippen molar-refractivity contribution in [3.05, 3.63) is 134 Å². The highest BCUT2D eigenvalue weighted by atomic mass is 35.5. The summed E-state index contributed by atoms with van der Waals surface area (Å²) < 4.78 is 16.0. The summed E-state index contributed by atoms with van der Waals surface area (Å²) in [5.74, 6) is 0.541. The Balaban J connectivity index is 0.000000185. The molecule has 1 fully saturated rings. The monoisotopic (exact) mass is 673 g/mol. The second-order valence-electron chi connectivity index (χ2n) is 10.9. The summed E-state index contributed by atoms with van der Waals surface area (Å²) in [6, 6.07) is 10.5. The second kappa shape index (κ2) is 19.0. The van der Waals surface area contributed by atoms with E-state index in [1.807, 2.05) is 25.1 Å². The maximum atomic E-state index is 13.3. The minimum atomic E-state index is -0.323. The molecule has 5 aromatic rings. The third-order valence-electron chi connectivity index (χ3n) is 7.14. The number of amides is 1. The number of unbranched alkanes of at least 4 members (excludes halogenated alkanes) is 1. The van der Waals surface area contributed by atoms with Crippen LogP contribution in [0.25, 0.3) is 11.4 Å². The quantitative estimate of drug-likeness (QED) is 0.202. The topological polar surface area (TPSA) is 116 Å². The largest absolute Gasteiger partial charge is 0.311 e. The number of aromatic nitrogens is 6. The average Bonchev–Trinajstić information content (AvgIpc) is 3.08. The Morgan fingerprint density at radius 2 is 1.38 bits per heavy atom. The number of hydrogen-bond donors (Lipinski definition) is 0. The minimum absolute atomic E-state index is 0.187. The van der Waals surface area contributed by atoms with E-state index >= 15 is 0 Å². The Morgan fingerprint density at radius 1 is 0.771 bits per heavy atom. The Bertz CT molecular complexity index is 1890. The predicted octanol–water partition coefficient (Wildman–Crippen LogP) is 6.98. The fourth-order valence-electron chi connectivity index (χ4n) is 4.26. The first-order valence-electron chi connectivity index (χ1n) is 15.7. The molecular weight excluding hydrogens is 633 g/mol. The van der Waals surface area contributed by atoms with E-state index in [1.165, 1.54) is 52.8 Å². The van der Waals surface area contributed by atoms with Crippen molar-refractivity contribution in [1.29, 1.82) is 0 Å². The molecular formula is C36H41ClFN7O3. The molecule has 1 aliphatic heterocycles. The van der Waals surface area contributed by atoms with Crippen molar-refractivity contribution in [2.75, 3.05) is 11.4 Å². The highest BCUT2D eigenvalue weighted by molar-refractivity contribution is 6.33. The van der Waals surface area contributed by atoms with Gasteiger partial charge >= 0.3 is 0 Å². The van der Waals surface area contributed by atoms with Gasteiger partial charge in [0.25, 0.3) is 11.1 Å². The first kappa shape index (κ1) is 37.4. The third kappa shape index (κ3) is 11.0. The summed E-state index contributed by atoms with van der Waals surface area (Å²) in [4.78, 5) is 51.6. The lowest BCUT2D eigenvalue weighted by Gasteiger charge is -2.27. The Kier molecular flexibility index (Phi) is 14.8. The van der Waals surface area contributed by atoms with Gasteiger partial charge in [-0.2, -0.15) is 0 Å². The molecule has 0 unspecified atom stereocenters. The number of aryl methyl sites for hydroxylation is 3.